The van der Waals surface area contributed by atoms with Gasteiger partial charge in [0.05, 0.1) is 18.8 Å². The quantitative estimate of drug-likeness (QED) is 0.0841. The number of halogens is 2. The van der Waals surface area contributed by atoms with Gasteiger partial charge < -0.3 is 13.9 Å². The van der Waals surface area contributed by atoms with Crippen LogP contribution in [0.2, 0.25) is 0 Å². The van der Waals surface area contributed by atoms with Gasteiger partial charge in [-0.2, -0.15) is 0 Å². The fourth-order valence-corrected chi connectivity index (χ4v) is 4.40. The second kappa shape index (κ2) is 14.1. The maximum atomic E-state index is 14.1. The van der Waals surface area contributed by atoms with Crippen LogP contribution in [0.15, 0.2) is 63.8 Å². The molecule has 0 amide bonds. The van der Waals surface area contributed by atoms with Gasteiger partial charge in [0.1, 0.15) is 11.3 Å². The Hall–Kier alpha value is -3.48. The number of unbranched alkanes of at least 4 members (excludes halogenated alkanes) is 2. The lowest BCUT2D eigenvalue weighted by molar-refractivity contribution is -0.139. The van der Waals surface area contributed by atoms with E-state index in [0.29, 0.717) is 16.9 Å². The molecule has 3 aromatic rings. The SMILES string of the molecule is C=C(C)C(=O)OCCCC(F)(F)CCCOc1ccc2cc(-c3ccc(CCCCC)cc3C)c(=O)oc2c1. The molecular formula is C32H38F2O5. The molecule has 0 radical (unpaired) electrons. The van der Waals surface area contributed by atoms with Crippen LogP contribution in [0.5, 0.6) is 5.75 Å². The Morgan fingerprint density at radius 3 is 2.41 bits per heavy atom. The minimum Gasteiger partial charge on any atom is -0.493 e. The lowest BCUT2D eigenvalue weighted by Gasteiger charge is -2.16. The van der Waals surface area contributed by atoms with Gasteiger partial charge in [-0.3, -0.25) is 0 Å². The van der Waals surface area contributed by atoms with Crippen molar-refractivity contribution >= 4 is 16.9 Å². The molecule has 2 aromatic carbocycles. The van der Waals surface area contributed by atoms with Crippen LogP contribution in [0, 0.1) is 6.92 Å². The molecule has 0 aliphatic rings. The number of esters is 1. The summed E-state index contributed by atoms with van der Waals surface area (Å²) in [6.07, 6.45) is 4.04. The summed E-state index contributed by atoms with van der Waals surface area (Å²) in [7, 11) is 0. The van der Waals surface area contributed by atoms with Crippen LogP contribution in [-0.2, 0) is 16.0 Å². The lowest BCUT2D eigenvalue weighted by Crippen LogP contribution is -2.18. The second-order valence-electron chi connectivity index (χ2n) is 10.1. The number of aryl methyl sites for hydroxylation is 2. The van der Waals surface area contributed by atoms with Crippen LogP contribution in [0.4, 0.5) is 8.78 Å². The first-order chi connectivity index (χ1) is 18.6. The van der Waals surface area contributed by atoms with Gasteiger partial charge in [-0.1, -0.05) is 44.5 Å². The molecule has 0 saturated carbocycles. The maximum Gasteiger partial charge on any atom is 0.344 e. The highest BCUT2D eigenvalue weighted by Gasteiger charge is 2.27. The Kier molecular flexibility index (Phi) is 10.8. The number of ether oxygens (including phenoxy) is 2. The molecule has 0 saturated heterocycles. The van der Waals surface area contributed by atoms with Crippen molar-refractivity contribution in [3.63, 3.8) is 0 Å². The summed E-state index contributed by atoms with van der Waals surface area (Å²) in [5, 5.41) is 0.752. The van der Waals surface area contributed by atoms with E-state index in [4.69, 9.17) is 13.9 Å². The zero-order chi connectivity index (χ0) is 28.4. The van der Waals surface area contributed by atoms with Crippen molar-refractivity contribution in [3.8, 4) is 16.9 Å². The van der Waals surface area contributed by atoms with Crippen molar-refractivity contribution in [1.29, 1.82) is 0 Å². The Bertz CT molecular complexity index is 1340. The molecule has 0 fully saturated rings. The summed E-state index contributed by atoms with van der Waals surface area (Å²) < 4.78 is 44.3. The van der Waals surface area contributed by atoms with E-state index in [2.05, 4.69) is 25.6 Å². The van der Waals surface area contributed by atoms with Gasteiger partial charge in [0.25, 0.3) is 0 Å². The standard InChI is InChI=1S/C32H38F2O5/c1-5-6-7-10-24-11-14-27(23(4)19-24)28-20-25-12-13-26(21-29(25)39-31(28)36)37-17-8-15-32(33,34)16-9-18-38-30(35)22(2)3/h11-14,19-21H,2,5-10,15-18H2,1,3-4H3. The van der Waals surface area contributed by atoms with E-state index in [1.165, 1.54) is 25.3 Å². The molecule has 0 bridgehead atoms. The minimum absolute atomic E-state index is 0.0638. The zero-order valence-electron chi connectivity index (χ0n) is 23.1. The third-order valence-corrected chi connectivity index (χ3v) is 6.58. The molecule has 210 valence electrons. The maximum absolute atomic E-state index is 14.1. The summed E-state index contributed by atoms with van der Waals surface area (Å²) in [6.45, 7) is 9.17. The highest BCUT2D eigenvalue weighted by atomic mass is 19.3. The normalized spacial score (nSPS) is 11.5. The summed E-state index contributed by atoms with van der Waals surface area (Å²) in [5.74, 6) is -3.01. The van der Waals surface area contributed by atoms with Crippen molar-refractivity contribution in [3.05, 3.63) is 76.2 Å². The second-order valence-corrected chi connectivity index (χ2v) is 10.1. The molecule has 3 rings (SSSR count). The monoisotopic (exact) mass is 540 g/mol. The number of hydrogen-bond donors (Lipinski definition) is 0. The van der Waals surface area contributed by atoms with Crippen LogP contribution in [0.1, 0.15) is 69.9 Å². The van der Waals surface area contributed by atoms with E-state index < -0.39 is 17.5 Å². The summed E-state index contributed by atoms with van der Waals surface area (Å²) in [6, 6.07) is 13.2. The predicted octanol–water partition coefficient (Wildman–Crippen LogP) is 8.19. The first-order valence-electron chi connectivity index (χ1n) is 13.6. The van der Waals surface area contributed by atoms with Crippen LogP contribution in [0.25, 0.3) is 22.1 Å². The molecule has 0 N–H and O–H groups in total. The smallest absolute Gasteiger partial charge is 0.344 e. The van der Waals surface area contributed by atoms with Gasteiger partial charge in [0.2, 0.25) is 5.92 Å². The lowest BCUT2D eigenvalue weighted by atomic mass is 9.97. The Morgan fingerprint density at radius 1 is 0.974 bits per heavy atom. The summed E-state index contributed by atoms with van der Waals surface area (Å²) >= 11 is 0. The molecule has 1 heterocycles. The Balaban J connectivity index is 1.55. The van der Waals surface area contributed by atoms with Gasteiger partial charge >= 0.3 is 11.6 Å². The molecule has 7 heteroatoms. The number of carbonyl (C=O) groups is 1. The molecule has 0 atom stereocenters. The van der Waals surface area contributed by atoms with Gasteiger partial charge in [0, 0.05) is 29.9 Å². The van der Waals surface area contributed by atoms with E-state index in [1.54, 1.807) is 18.2 Å². The predicted molar refractivity (Wildman–Crippen MR) is 151 cm³/mol. The van der Waals surface area contributed by atoms with Crippen molar-refractivity contribution in [1.82, 2.24) is 0 Å². The molecule has 1 aromatic heterocycles. The molecule has 0 spiro atoms. The molecule has 5 nitrogen and oxygen atoms in total. The van der Waals surface area contributed by atoms with E-state index in [1.807, 2.05) is 19.1 Å². The molecule has 0 unspecified atom stereocenters. The number of rotatable bonds is 15. The van der Waals surface area contributed by atoms with Crippen LogP contribution in [0.3, 0.4) is 0 Å². The fourth-order valence-electron chi connectivity index (χ4n) is 4.40. The summed E-state index contributed by atoms with van der Waals surface area (Å²) in [4.78, 5) is 24.1. The largest absolute Gasteiger partial charge is 0.493 e. The molecule has 0 aliphatic carbocycles. The molecule has 0 aliphatic heterocycles. The van der Waals surface area contributed by atoms with Gasteiger partial charge in [-0.25, -0.2) is 18.4 Å². The average Bonchev–Trinajstić information content (AvgIpc) is 2.89. The first-order valence-corrected chi connectivity index (χ1v) is 13.6. The zero-order valence-corrected chi connectivity index (χ0v) is 23.1. The van der Waals surface area contributed by atoms with E-state index in [0.717, 1.165) is 29.4 Å². The van der Waals surface area contributed by atoms with Crippen LogP contribution < -0.4 is 10.4 Å². The van der Waals surface area contributed by atoms with Crippen LogP contribution in [-0.4, -0.2) is 25.1 Å². The van der Waals surface area contributed by atoms with E-state index in [9.17, 15) is 18.4 Å². The van der Waals surface area contributed by atoms with Gasteiger partial charge in [0.15, 0.2) is 0 Å². The number of hydrogen-bond acceptors (Lipinski definition) is 5. The average molecular weight is 541 g/mol. The van der Waals surface area contributed by atoms with E-state index >= 15 is 0 Å². The highest BCUT2D eigenvalue weighted by molar-refractivity contribution is 5.87. The van der Waals surface area contributed by atoms with Crippen molar-refractivity contribution in [2.75, 3.05) is 13.2 Å². The number of alkyl halides is 2. The Labute approximate surface area is 228 Å². The number of carbonyl (C=O) groups excluding carboxylic acids is 1. The van der Waals surface area contributed by atoms with E-state index in [-0.39, 0.29) is 44.5 Å². The summed E-state index contributed by atoms with van der Waals surface area (Å²) in [5.41, 5.74) is 3.83. The van der Waals surface area contributed by atoms with Crippen molar-refractivity contribution in [2.45, 2.75) is 78.1 Å². The number of benzene rings is 2. The Morgan fingerprint density at radius 2 is 1.72 bits per heavy atom. The first kappa shape index (κ1) is 30.1. The molecular weight excluding hydrogens is 502 g/mol. The van der Waals surface area contributed by atoms with Gasteiger partial charge in [-0.05, 0) is 74.4 Å². The number of fused-ring (bicyclic) bond motifs is 1. The third-order valence-electron chi connectivity index (χ3n) is 6.58. The molecule has 39 heavy (non-hydrogen) atoms. The third kappa shape index (κ3) is 9.05. The fraction of sp³-hybridized carbons (Fsp3) is 0.438. The van der Waals surface area contributed by atoms with Crippen molar-refractivity contribution in [2.24, 2.45) is 0 Å². The topological polar surface area (TPSA) is 65.7 Å². The van der Waals surface area contributed by atoms with Crippen molar-refractivity contribution < 1.29 is 27.5 Å². The van der Waals surface area contributed by atoms with Crippen LogP contribution >= 0.6 is 0 Å². The minimum atomic E-state index is -2.88. The van der Waals surface area contributed by atoms with Gasteiger partial charge in [-0.15, -0.1) is 0 Å². The highest BCUT2D eigenvalue weighted by Crippen LogP contribution is 2.29.